The summed E-state index contributed by atoms with van der Waals surface area (Å²) in [6, 6.07) is 4.65. The zero-order valence-electron chi connectivity index (χ0n) is 17.5. The van der Waals surface area contributed by atoms with E-state index in [1.165, 1.54) is 12.1 Å². The average molecular weight is 483 g/mol. The normalized spacial score (nSPS) is 15.0. The van der Waals surface area contributed by atoms with E-state index in [0.717, 1.165) is 0 Å². The van der Waals surface area contributed by atoms with Crippen molar-refractivity contribution in [3.8, 4) is 0 Å². The van der Waals surface area contributed by atoms with E-state index in [1.807, 2.05) is 0 Å². The van der Waals surface area contributed by atoms with Gasteiger partial charge < -0.3 is 46.8 Å². The van der Waals surface area contributed by atoms with Crippen molar-refractivity contribution in [3.05, 3.63) is 40.2 Å². The van der Waals surface area contributed by atoms with Crippen molar-refractivity contribution in [1.82, 2.24) is 15.3 Å². The summed E-state index contributed by atoms with van der Waals surface area (Å²) in [7, 11) is 0. The number of nitrogens with one attached hydrogen (secondary N) is 5. The van der Waals surface area contributed by atoms with Gasteiger partial charge in [-0.25, -0.2) is 0 Å². The SMILES string of the molecule is Nc1nc2c(c(=O)[nH]1)N[C@H](CNc1ccc(C(=O)NC(CCC(=O)[O-])C(=O)[O-])cc1)CN2.[Ca+2]. The van der Waals surface area contributed by atoms with E-state index in [1.54, 1.807) is 12.1 Å². The molecule has 1 aliphatic rings. The maximum absolute atomic E-state index is 12.2. The number of H-pyrrole nitrogens is 1. The maximum atomic E-state index is 12.2. The number of carboxylic acids is 2. The van der Waals surface area contributed by atoms with E-state index in [0.29, 0.717) is 30.3 Å². The van der Waals surface area contributed by atoms with Gasteiger partial charge in [-0.05, 0) is 37.1 Å². The Bertz CT molecular complexity index is 1080. The Kier molecular flexibility index (Phi) is 9.32. The van der Waals surface area contributed by atoms with Gasteiger partial charge >= 0.3 is 37.7 Å². The van der Waals surface area contributed by atoms with Crippen LogP contribution in [-0.4, -0.2) is 90.7 Å². The molecule has 33 heavy (non-hydrogen) atoms. The van der Waals surface area contributed by atoms with E-state index >= 15 is 0 Å². The number of rotatable bonds is 9. The molecule has 2 aromatic rings. The van der Waals surface area contributed by atoms with Crippen molar-refractivity contribution in [2.45, 2.75) is 24.9 Å². The minimum atomic E-state index is -1.58. The Morgan fingerprint density at radius 1 is 1.21 bits per heavy atom. The van der Waals surface area contributed by atoms with Gasteiger partial charge in [0.15, 0.2) is 5.82 Å². The standard InChI is InChI=1S/C19H23N7O6.Ca/c20-19-25-15-14(17(30)26-19)23-11(8-22-15)7-21-10-3-1-9(2-4-10)16(29)24-12(18(31)32)5-6-13(27)28;/h1-4,11-12,21,23H,5-8H2,(H,24,29)(H,27,28)(H,31,32)(H4,20,22,25,26,30);/q;+2/p-2/t11-,12?;/m1./s1. The number of nitrogen functional groups attached to an aromatic ring is 1. The number of carbonyl (C=O) groups excluding carboxylic acids is 3. The van der Waals surface area contributed by atoms with Crippen LogP contribution in [0.25, 0.3) is 0 Å². The summed E-state index contributed by atoms with van der Waals surface area (Å²) < 4.78 is 0. The molecule has 1 aliphatic heterocycles. The monoisotopic (exact) mass is 483 g/mol. The molecule has 0 saturated heterocycles. The van der Waals surface area contributed by atoms with Crippen LogP contribution in [0.1, 0.15) is 23.2 Å². The Morgan fingerprint density at radius 3 is 2.55 bits per heavy atom. The van der Waals surface area contributed by atoms with Crippen LogP contribution in [0.2, 0.25) is 0 Å². The zero-order chi connectivity index (χ0) is 23.3. The second-order valence-electron chi connectivity index (χ2n) is 7.11. The van der Waals surface area contributed by atoms with Gasteiger partial charge in [0.05, 0.1) is 18.1 Å². The fourth-order valence-electron chi connectivity index (χ4n) is 3.08. The molecule has 3 rings (SSSR count). The van der Waals surface area contributed by atoms with Crippen LogP contribution < -0.4 is 42.8 Å². The van der Waals surface area contributed by atoms with Crippen LogP contribution in [0.4, 0.5) is 23.1 Å². The first-order valence-electron chi connectivity index (χ1n) is 9.68. The van der Waals surface area contributed by atoms with Crippen LogP contribution in [0.5, 0.6) is 0 Å². The van der Waals surface area contributed by atoms with Crippen molar-refractivity contribution in [1.29, 1.82) is 0 Å². The molecule has 0 saturated carbocycles. The van der Waals surface area contributed by atoms with Gasteiger partial charge in [0.25, 0.3) is 11.5 Å². The number of hydrogen-bond acceptors (Lipinski definition) is 11. The van der Waals surface area contributed by atoms with E-state index in [2.05, 4.69) is 31.2 Å². The number of carboxylic acid groups (broad SMARTS) is 2. The fourth-order valence-corrected chi connectivity index (χ4v) is 3.08. The van der Waals surface area contributed by atoms with Crippen molar-refractivity contribution in [3.63, 3.8) is 0 Å². The van der Waals surface area contributed by atoms with Crippen LogP contribution in [0.3, 0.4) is 0 Å². The molecule has 1 unspecified atom stereocenters. The number of aromatic nitrogens is 2. The summed E-state index contributed by atoms with van der Waals surface area (Å²) in [5.74, 6) is -3.27. The molecule has 7 N–H and O–H groups in total. The molecule has 1 aromatic heterocycles. The molecule has 1 amide bonds. The van der Waals surface area contributed by atoms with E-state index in [9.17, 15) is 29.4 Å². The smallest absolute Gasteiger partial charge is 0.550 e. The number of benzene rings is 1. The first kappa shape index (κ1) is 26.2. The average Bonchev–Trinajstić information content (AvgIpc) is 2.75. The molecule has 2 heterocycles. The van der Waals surface area contributed by atoms with Crippen molar-refractivity contribution >= 4 is 78.7 Å². The first-order chi connectivity index (χ1) is 15.2. The third-order valence-corrected chi connectivity index (χ3v) is 4.73. The minimum absolute atomic E-state index is 0. The van der Waals surface area contributed by atoms with Gasteiger partial charge in [0.1, 0.15) is 5.69 Å². The van der Waals surface area contributed by atoms with Gasteiger partial charge in [0, 0.05) is 30.3 Å². The number of fused-ring (bicyclic) bond motifs is 1. The van der Waals surface area contributed by atoms with Crippen LogP contribution in [-0.2, 0) is 9.59 Å². The van der Waals surface area contributed by atoms with Gasteiger partial charge in [-0.2, -0.15) is 4.98 Å². The van der Waals surface area contributed by atoms with E-state index in [-0.39, 0.29) is 67.3 Å². The molecule has 170 valence electrons. The Balaban J connectivity index is 0.00000385. The summed E-state index contributed by atoms with van der Waals surface area (Å²) in [5.41, 5.74) is 6.32. The fraction of sp³-hybridized carbons (Fsp3) is 0.316. The molecular weight excluding hydrogens is 462 g/mol. The molecule has 0 fully saturated rings. The summed E-state index contributed by atoms with van der Waals surface area (Å²) in [5, 5.41) is 33.1. The largest absolute Gasteiger partial charge is 2.00 e. The Morgan fingerprint density at radius 2 is 1.91 bits per heavy atom. The van der Waals surface area contributed by atoms with Crippen LogP contribution in [0.15, 0.2) is 29.1 Å². The number of nitrogens with two attached hydrogens (primary N) is 1. The summed E-state index contributed by atoms with van der Waals surface area (Å²) in [4.78, 5) is 52.3. The number of carbonyl (C=O) groups is 3. The molecule has 14 heteroatoms. The molecule has 13 nitrogen and oxygen atoms in total. The van der Waals surface area contributed by atoms with Crippen LogP contribution >= 0.6 is 0 Å². The van der Waals surface area contributed by atoms with E-state index < -0.39 is 30.3 Å². The van der Waals surface area contributed by atoms with Crippen LogP contribution in [0, 0.1) is 0 Å². The van der Waals surface area contributed by atoms with E-state index in [4.69, 9.17) is 5.73 Å². The maximum Gasteiger partial charge on any atom is 2.00 e. The second kappa shape index (κ2) is 11.7. The number of hydrogen-bond donors (Lipinski definition) is 6. The Labute approximate surface area is 217 Å². The molecule has 0 aliphatic carbocycles. The summed E-state index contributed by atoms with van der Waals surface area (Å²) in [6.07, 6.45) is -0.863. The topological polar surface area (TPSA) is 217 Å². The molecule has 1 aromatic carbocycles. The minimum Gasteiger partial charge on any atom is -0.550 e. The number of aromatic amines is 1. The summed E-state index contributed by atoms with van der Waals surface area (Å²) >= 11 is 0. The molecule has 0 bridgehead atoms. The quantitative estimate of drug-likeness (QED) is 0.194. The number of aliphatic carboxylic acids is 2. The molecule has 0 spiro atoms. The first-order valence-corrected chi connectivity index (χ1v) is 9.68. The van der Waals surface area contributed by atoms with Gasteiger partial charge in [-0.15, -0.1) is 0 Å². The molecule has 2 atom stereocenters. The van der Waals surface area contributed by atoms with Crippen molar-refractivity contribution in [2.24, 2.45) is 0 Å². The Hall–Kier alpha value is -3.03. The van der Waals surface area contributed by atoms with Crippen molar-refractivity contribution < 1.29 is 24.6 Å². The molecular formula is C19H21CaN7O6. The van der Waals surface area contributed by atoms with Gasteiger partial charge in [0.2, 0.25) is 5.95 Å². The predicted octanol–water partition coefficient (Wildman–Crippen LogP) is -3.33. The third kappa shape index (κ3) is 7.23. The van der Waals surface area contributed by atoms with Gasteiger partial charge in [-0.1, -0.05) is 0 Å². The van der Waals surface area contributed by atoms with Crippen molar-refractivity contribution in [2.75, 3.05) is 34.8 Å². The number of amides is 1. The molecule has 0 radical (unpaired) electrons. The number of anilines is 4. The second-order valence-corrected chi connectivity index (χ2v) is 7.11. The zero-order valence-corrected chi connectivity index (χ0v) is 19.7. The summed E-state index contributed by atoms with van der Waals surface area (Å²) in [6.45, 7) is 0.935. The third-order valence-electron chi connectivity index (χ3n) is 4.73. The van der Waals surface area contributed by atoms with Gasteiger partial charge in [-0.3, -0.25) is 14.6 Å². The predicted molar refractivity (Wildman–Crippen MR) is 116 cm³/mol. The number of nitrogens with zero attached hydrogens (tertiary/aromatic N) is 1.